The molecule has 4 rings (SSSR count). The quantitative estimate of drug-likeness (QED) is 0.745. The molecule has 7 nitrogen and oxygen atoms in total. The third-order valence-electron chi connectivity index (χ3n) is 4.68. The van der Waals surface area contributed by atoms with Crippen LogP contribution in [0.2, 0.25) is 5.02 Å². The highest BCUT2D eigenvalue weighted by atomic mass is 35.5. The second-order valence-electron chi connectivity index (χ2n) is 6.60. The minimum atomic E-state index is 0.703. The summed E-state index contributed by atoms with van der Waals surface area (Å²) in [5, 5.41) is 8.98. The number of hydrogen-bond acceptors (Lipinski definition) is 6. The Labute approximate surface area is 165 Å². The fourth-order valence-electron chi connectivity index (χ4n) is 2.90. The van der Waals surface area contributed by atoms with E-state index in [0.29, 0.717) is 5.02 Å². The molecule has 27 heavy (non-hydrogen) atoms. The zero-order valence-corrected chi connectivity index (χ0v) is 16.8. The zero-order chi connectivity index (χ0) is 19.2. The van der Waals surface area contributed by atoms with E-state index in [9.17, 15) is 0 Å². The molecule has 0 radical (unpaired) electrons. The van der Waals surface area contributed by atoms with Crippen molar-refractivity contribution < 1.29 is 0 Å². The van der Waals surface area contributed by atoms with Gasteiger partial charge in [-0.2, -0.15) is 5.10 Å². The zero-order valence-electron chi connectivity index (χ0n) is 16.1. The van der Waals surface area contributed by atoms with Crippen LogP contribution in [0.5, 0.6) is 0 Å². The topological polar surface area (TPSA) is 62.1 Å². The number of aryl methyl sites for hydroxylation is 1. The summed E-state index contributed by atoms with van der Waals surface area (Å²) in [6, 6.07) is 7.44. The lowest BCUT2D eigenvalue weighted by Gasteiger charge is -2.31. The van der Waals surface area contributed by atoms with E-state index in [2.05, 4.69) is 44.2 Å². The Hall–Kier alpha value is -2.22. The Balaban J connectivity index is 0.000000197. The average molecular weight is 388 g/mol. The summed E-state index contributed by atoms with van der Waals surface area (Å²) < 4.78 is 1.71. The maximum atomic E-state index is 5.85. The molecule has 1 fully saturated rings. The molecule has 0 spiro atoms. The molecule has 144 valence electrons. The van der Waals surface area contributed by atoms with Crippen molar-refractivity contribution in [2.24, 2.45) is 7.05 Å². The van der Waals surface area contributed by atoms with Gasteiger partial charge in [0.1, 0.15) is 12.1 Å². The molecule has 1 aliphatic heterocycles. The van der Waals surface area contributed by atoms with Gasteiger partial charge in [0.2, 0.25) is 0 Å². The van der Waals surface area contributed by atoms with Gasteiger partial charge in [0.15, 0.2) is 5.65 Å². The smallest absolute Gasteiger partial charge is 0.163 e. The summed E-state index contributed by atoms with van der Waals surface area (Å²) in [5.74, 6) is 0.732. The molecule has 2 aromatic heterocycles. The lowest BCUT2D eigenvalue weighted by molar-refractivity contribution is 0.160. The summed E-state index contributed by atoms with van der Waals surface area (Å²) >= 11 is 5.85. The van der Waals surface area contributed by atoms with Crippen LogP contribution in [0.3, 0.4) is 0 Å². The van der Waals surface area contributed by atoms with E-state index in [1.165, 1.54) is 39.1 Å². The Morgan fingerprint density at radius 1 is 1.04 bits per heavy atom. The molecule has 3 aromatic rings. The maximum absolute atomic E-state index is 5.85. The number of halogens is 1. The first-order chi connectivity index (χ1) is 13.1. The van der Waals surface area contributed by atoms with Crippen molar-refractivity contribution >= 4 is 34.1 Å². The lowest BCUT2D eigenvalue weighted by Crippen LogP contribution is -2.44. The first-order valence-electron chi connectivity index (χ1n) is 9.13. The highest BCUT2D eigenvalue weighted by Gasteiger charge is 2.10. The number of nitrogens with one attached hydrogen (secondary N) is 1. The second kappa shape index (κ2) is 9.12. The number of hydrogen-bond donors (Lipinski definition) is 1. The van der Waals surface area contributed by atoms with Crippen molar-refractivity contribution in [2.75, 3.05) is 45.1 Å². The van der Waals surface area contributed by atoms with Crippen molar-refractivity contribution in [3.63, 3.8) is 0 Å². The third-order valence-corrected chi connectivity index (χ3v) is 4.93. The van der Waals surface area contributed by atoms with E-state index in [1.54, 1.807) is 10.9 Å². The van der Waals surface area contributed by atoms with Gasteiger partial charge in [-0.15, -0.1) is 0 Å². The van der Waals surface area contributed by atoms with Gasteiger partial charge in [-0.25, -0.2) is 9.97 Å². The van der Waals surface area contributed by atoms with Crippen LogP contribution in [0.4, 0.5) is 11.5 Å². The summed E-state index contributed by atoms with van der Waals surface area (Å²) in [4.78, 5) is 13.3. The summed E-state index contributed by atoms with van der Waals surface area (Å²) in [7, 11) is 4.04. The third kappa shape index (κ3) is 5.15. The predicted molar refractivity (Wildman–Crippen MR) is 111 cm³/mol. The number of aromatic nitrogens is 4. The van der Waals surface area contributed by atoms with Gasteiger partial charge in [-0.1, -0.05) is 18.5 Å². The number of rotatable bonds is 3. The molecule has 1 N–H and O–H groups in total. The van der Waals surface area contributed by atoms with Crippen molar-refractivity contribution in [1.82, 2.24) is 29.5 Å². The molecule has 0 aliphatic carbocycles. The molecule has 1 aromatic carbocycles. The van der Waals surface area contributed by atoms with Crippen LogP contribution in [-0.4, -0.2) is 69.3 Å². The number of nitrogens with zero attached hydrogens (tertiary/aromatic N) is 6. The fourth-order valence-corrected chi connectivity index (χ4v) is 3.02. The van der Waals surface area contributed by atoms with Crippen LogP contribution < -0.4 is 5.32 Å². The molecule has 1 aliphatic rings. The van der Waals surface area contributed by atoms with Crippen molar-refractivity contribution in [3.05, 3.63) is 41.8 Å². The summed E-state index contributed by atoms with van der Waals surface area (Å²) in [5.41, 5.74) is 1.71. The van der Waals surface area contributed by atoms with Crippen LogP contribution in [0, 0.1) is 0 Å². The molecule has 0 saturated carbocycles. The molecule has 0 atom stereocenters. The minimum absolute atomic E-state index is 0.703. The van der Waals surface area contributed by atoms with Gasteiger partial charge in [-0.05, 0) is 37.9 Å². The summed E-state index contributed by atoms with van der Waals surface area (Å²) in [6.45, 7) is 8.45. The predicted octanol–water partition coefficient (Wildman–Crippen LogP) is 3.01. The van der Waals surface area contributed by atoms with Crippen molar-refractivity contribution in [1.29, 1.82) is 0 Å². The van der Waals surface area contributed by atoms with E-state index in [0.717, 1.165) is 22.5 Å². The number of likely N-dealkylation sites (N-methyl/N-ethyl adjacent to an activating group) is 2. The Bertz CT molecular complexity index is 854. The van der Waals surface area contributed by atoms with E-state index >= 15 is 0 Å². The van der Waals surface area contributed by atoms with Crippen LogP contribution in [0.1, 0.15) is 6.92 Å². The minimum Gasteiger partial charge on any atom is -0.340 e. The van der Waals surface area contributed by atoms with Crippen molar-refractivity contribution in [3.8, 4) is 0 Å². The van der Waals surface area contributed by atoms with Crippen LogP contribution in [0.25, 0.3) is 11.0 Å². The van der Waals surface area contributed by atoms with Crippen LogP contribution >= 0.6 is 11.6 Å². The molecule has 0 bridgehead atoms. The van der Waals surface area contributed by atoms with Crippen molar-refractivity contribution in [2.45, 2.75) is 6.92 Å². The number of fused-ring (bicyclic) bond motifs is 1. The second-order valence-corrected chi connectivity index (χ2v) is 7.03. The Morgan fingerprint density at radius 3 is 2.41 bits per heavy atom. The first kappa shape index (κ1) is 19.5. The van der Waals surface area contributed by atoms with Crippen LogP contribution in [-0.2, 0) is 7.05 Å². The molecule has 0 unspecified atom stereocenters. The molecule has 1 saturated heterocycles. The normalized spacial score (nSPS) is 15.4. The van der Waals surface area contributed by atoms with E-state index in [1.807, 2.05) is 31.3 Å². The lowest BCUT2D eigenvalue weighted by atomic mass is 10.3. The molecule has 0 amide bonds. The monoisotopic (exact) mass is 387 g/mol. The molecular formula is C19H26ClN7. The van der Waals surface area contributed by atoms with Gasteiger partial charge in [0.05, 0.1) is 11.6 Å². The Morgan fingerprint density at radius 2 is 1.74 bits per heavy atom. The summed E-state index contributed by atoms with van der Waals surface area (Å²) in [6.07, 6.45) is 3.26. The van der Waals surface area contributed by atoms with Gasteiger partial charge in [0, 0.05) is 43.9 Å². The molecule has 8 heteroatoms. The molecule has 3 heterocycles. The highest BCUT2D eigenvalue weighted by Crippen LogP contribution is 2.23. The number of anilines is 2. The highest BCUT2D eigenvalue weighted by molar-refractivity contribution is 6.30. The average Bonchev–Trinajstić information content (AvgIpc) is 3.07. The van der Waals surface area contributed by atoms with E-state index in [4.69, 9.17) is 11.6 Å². The number of benzene rings is 1. The maximum Gasteiger partial charge on any atom is 0.163 e. The van der Waals surface area contributed by atoms with Gasteiger partial charge in [-0.3, -0.25) is 4.68 Å². The Kier molecular flexibility index (Phi) is 6.60. The standard InChI is InChI=1S/C12H10ClN5.C7H16N2/c1-18-12-10(6-16-18)11(14-7-15-12)17-9-4-2-8(13)3-5-9;1-3-9-6-4-8(2)5-7-9/h2-7H,1H3,(H,14,15,17);3-7H2,1-2H3. The van der Waals surface area contributed by atoms with Gasteiger partial charge >= 0.3 is 0 Å². The molecular weight excluding hydrogens is 362 g/mol. The van der Waals surface area contributed by atoms with Gasteiger partial charge < -0.3 is 15.1 Å². The van der Waals surface area contributed by atoms with Crippen LogP contribution in [0.15, 0.2) is 36.8 Å². The fraction of sp³-hybridized carbons (Fsp3) is 0.421. The van der Waals surface area contributed by atoms with Gasteiger partial charge in [0.25, 0.3) is 0 Å². The largest absolute Gasteiger partial charge is 0.340 e. The first-order valence-corrected chi connectivity index (χ1v) is 9.51. The SMILES string of the molecule is CCN1CCN(C)CC1.Cn1ncc2c(Nc3ccc(Cl)cc3)ncnc21. The number of piperazine rings is 1. The van der Waals surface area contributed by atoms with E-state index in [-0.39, 0.29) is 0 Å². The van der Waals surface area contributed by atoms with E-state index < -0.39 is 0 Å².